The van der Waals surface area contributed by atoms with Crippen molar-refractivity contribution in [2.75, 3.05) is 19.5 Å². The SMILES string of the molecule is COC1=C(S(=O)(=O)O)CC(N)C(C)=C1.O=C1OCC2=C1N1C(=O)C=C1SC2. The number of hydrogen-bond acceptors (Lipinski definition) is 8. The number of methoxy groups -OCH3 is 1. The second-order valence-electron chi connectivity index (χ2n) is 6.14. The fraction of sp³-hybridized carbons (Fsp3) is 0.375. The van der Waals surface area contributed by atoms with Gasteiger partial charge in [-0.1, -0.05) is 5.57 Å². The molecule has 3 N–H and O–H groups in total. The molecule has 0 saturated carbocycles. The summed E-state index contributed by atoms with van der Waals surface area (Å²) in [7, 11) is -2.87. The molecule has 1 aliphatic carbocycles. The second kappa shape index (κ2) is 7.15. The molecule has 0 bridgehead atoms. The molecule has 146 valence electrons. The lowest BCUT2D eigenvalue weighted by Gasteiger charge is -2.33. The van der Waals surface area contributed by atoms with Gasteiger partial charge < -0.3 is 15.2 Å². The highest BCUT2D eigenvalue weighted by Crippen LogP contribution is 2.41. The van der Waals surface area contributed by atoms with Crippen LogP contribution in [-0.4, -0.2) is 55.3 Å². The van der Waals surface area contributed by atoms with Crippen molar-refractivity contribution < 1.29 is 32.0 Å². The van der Waals surface area contributed by atoms with Gasteiger partial charge in [0, 0.05) is 29.9 Å². The number of ether oxygens (including phenoxy) is 2. The van der Waals surface area contributed by atoms with E-state index in [-0.39, 0.29) is 35.0 Å². The predicted octanol–water partition coefficient (Wildman–Crippen LogP) is 0.637. The first-order valence-corrected chi connectivity index (χ1v) is 10.3. The van der Waals surface area contributed by atoms with Gasteiger partial charge in [0.1, 0.15) is 23.0 Å². The lowest BCUT2D eigenvalue weighted by Crippen LogP contribution is -2.39. The van der Waals surface area contributed by atoms with Crippen LogP contribution >= 0.6 is 11.8 Å². The molecule has 1 atom stereocenters. The molecule has 0 fully saturated rings. The number of hydrogen-bond donors (Lipinski definition) is 2. The van der Waals surface area contributed by atoms with Gasteiger partial charge in [0.2, 0.25) is 0 Å². The molecular weight excluding hydrogens is 396 g/mol. The van der Waals surface area contributed by atoms with Gasteiger partial charge in [-0.3, -0.25) is 14.2 Å². The fourth-order valence-corrected chi connectivity index (χ4v) is 4.64. The highest BCUT2D eigenvalue weighted by atomic mass is 32.2. The van der Waals surface area contributed by atoms with Crippen molar-refractivity contribution in [3.8, 4) is 0 Å². The van der Waals surface area contributed by atoms with Crippen LogP contribution in [0, 0.1) is 0 Å². The zero-order valence-corrected chi connectivity index (χ0v) is 16.2. The Labute approximate surface area is 160 Å². The molecule has 4 aliphatic rings. The number of nitrogens with two attached hydrogens (primary N) is 1. The molecule has 1 unspecified atom stereocenters. The van der Waals surface area contributed by atoms with Gasteiger partial charge in [0.25, 0.3) is 16.0 Å². The average Bonchev–Trinajstić information content (AvgIpc) is 2.95. The first-order chi connectivity index (χ1) is 12.6. The number of rotatable bonds is 2. The maximum atomic E-state index is 11.2. The van der Waals surface area contributed by atoms with Crippen molar-refractivity contribution in [1.82, 2.24) is 4.90 Å². The van der Waals surface area contributed by atoms with E-state index in [0.29, 0.717) is 12.3 Å². The summed E-state index contributed by atoms with van der Waals surface area (Å²) in [6, 6.07) is -0.383. The van der Waals surface area contributed by atoms with Crippen LogP contribution in [0.5, 0.6) is 0 Å². The number of fused-ring (bicyclic) bond motifs is 2. The molecule has 1 amide bonds. The van der Waals surface area contributed by atoms with Crippen molar-refractivity contribution in [3.05, 3.63) is 44.7 Å². The molecule has 27 heavy (non-hydrogen) atoms. The normalized spacial score (nSPS) is 24.1. The lowest BCUT2D eigenvalue weighted by atomic mass is 10.0. The summed E-state index contributed by atoms with van der Waals surface area (Å²) in [5.41, 5.74) is 7.87. The van der Waals surface area contributed by atoms with E-state index >= 15 is 0 Å². The van der Waals surface area contributed by atoms with Crippen LogP contribution in [0.4, 0.5) is 0 Å². The minimum absolute atomic E-state index is 0.0737. The standard InChI is InChI=1S/C8H13NO4S.C8H5NO3S/c1-5-3-7(13-2)8(4-6(5)9)14(10,11)12;10-5-1-6-9(5)7-4(3-13-6)2-12-8(7)11/h3,6H,4,9H2,1-2H3,(H,10,11,12);1H,2-3H2. The zero-order valence-electron chi connectivity index (χ0n) is 14.6. The summed E-state index contributed by atoms with van der Waals surface area (Å²) in [6.07, 6.45) is 3.14. The highest BCUT2D eigenvalue weighted by Gasteiger charge is 2.42. The van der Waals surface area contributed by atoms with E-state index in [9.17, 15) is 18.0 Å². The Hall–Kier alpha value is -2.08. The minimum atomic E-state index is -4.21. The van der Waals surface area contributed by atoms with Gasteiger partial charge in [0.15, 0.2) is 0 Å². The summed E-state index contributed by atoms with van der Waals surface area (Å²) < 4.78 is 40.5. The van der Waals surface area contributed by atoms with Crippen LogP contribution < -0.4 is 5.73 Å². The van der Waals surface area contributed by atoms with Gasteiger partial charge in [-0.15, -0.1) is 11.8 Å². The smallest absolute Gasteiger partial charge is 0.355 e. The summed E-state index contributed by atoms with van der Waals surface area (Å²) >= 11 is 1.57. The topological polar surface area (TPSA) is 136 Å². The van der Waals surface area contributed by atoms with E-state index in [1.54, 1.807) is 24.8 Å². The predicted molar refractivity (Wildman–Crippen MR) is 97.3 cm³/mol. The Kier molecular flexibility index (Phi) is 5.21. The third-order valence-corrected chi connectivity index (χ3v) is 6.45. The molecular formula is C16H18N2O7S2. The number of carbonyl (C=O) groups is 2. The number of thioether (sulfide) groups is 1. The zero-order chi connectivity index (χ0) is 19.9. The van der Waals surface area contributed by atoms with E-state index in [2.05, 4.69) is 0 Å². The lowest BCUT2D eigenvalue weighted by molar-refractivity contribution is -0.140. The average molecular weight is 414 g/mol. The van der Waals surface area contributed by atoms with Gasteiger partial charge in [-0.25, -0.2) is 4.79 Å². The number of amides is 1. The molecule has 11 heteroatoms. The third kappa shape index (κ3) is 3.68. The van der Waals surface area contributed by atoms with E-state index in [1.165, 1.54) is 18.1 Å². The molecule has 3 heterocycles. The summed E-state index contributed by atoms with van der Waals surface area (Å²) in [6.45, 7) is 2.13. The Morgan fingerprint density at radius 3 is 2.67 bits per heavy atom. The van der Waals surface area contributed by atoms with Crippen LogP contribution in [0.1, 0.15) is 13.3 Å². The Bertz CT molecular complexity index is 944. The Morgan fingerprint density at radius 2 is 2.07 bits per heavy atom. The number of nitrogens with zero attached hydrogens (tertiary/aromatic N) is 1. The quantitative estimate of drug-likeness (QED) is 0.492. The molecule has 9 nitrogen and oxygen atoms in total. The maximum Gasteiger partial charge on any atom is 0.355 e. The van der Waals surface area contributed by atoms with Gasteiger partial charge >= 0.3 is 5.97 Å². The van der Waals surface area contributed by atoms with Crippen LogP contribution in [0.15, 0.2) is 44.7 Å². The molecule has 0 spiro atoms. The highest BCUT2D eigenvalue weighted by molar-refractivity contribution is 8.03. The minimum Gasteiger partial charge on any atom is -0.496 e. The number of allylic oxidation sites excluding steroid dienone is 1. The summed E-state index contributed by atoms with van der Waals surface area (Å²) in [5.74, 6) is 0.436. The first kappa shape index (κ1) is 19.7. The third-order valence-electron chi connectivity index (χ3n) is 4.37. The van der Waals surface area contributed by atoms with Crippen molar-refractivity contribution in [2.45, 2.75) is 19.4 Å². The molecule has 3 aliphatic heterocycles. The van der Waals surface area contributed by atoms with Crippen LogP contribution in [0.2, 0.25) is 0 Å². The molecule has 0 radical (unpaired) electrons. The first-order valence-electron chi connectivity index (χ1n) is 7.89. The van der Waals surface area contributed by atoms with Crippen molar-refractivity contribution in [1.29, 1.82) is 0 Å². The van der Waals surface area contributed by atoms with Crippen LogP contribution in [-0.2, 0) is 29.2 Å². The number of carbonyl (C=O) groups excluding carboxylic acids is 2. The van der Waals surface area contributed by atoms with Crippen molar-refractivity contribution in [2.24, 2.45) is 5.73 Å². The van der Waals surface area contributed by atoms with E-state index in [1.807, 2.05) is 0 Å². The number of cyclic esters (lactones) is 1. The fourth-order valence-electron chi connectivity index (χ4n) is 2.82. The van der Waals surface area contributed by atoms with Gasteiger partial charge in [-0.2, -0.15) is 8.42 Å². The largest absolute Gasteiger partial charge is 0.496 e. The molecule has 0 aromatic rings. The summed E-state index contributed by atoms with van der Waals surface area (Å²) in [4.78, 5) is 23.7. The molecule has 0 aromatic heterocycles. The Balaban J connectivity index is 0.000000156. The van der Waals surface area contributed by atoms with E-state index in [4.69, 9.17) is 19.8 Å². The molecule has 0 saturated heterocycles. The summed E-state index contributed by atoms with van der Waals surface area (Å²) in [5, 5.41) is 0.864. The van der Waals surface area contributed by atoms with Crippen LogP contribution in [0.3, 0.4) is 0 Å². The molecule has 4 rings (SSSR count). The van der Waals surface area contributed by atoms with E-state index < -0.39 is 10.1 Å². The monoisotopic (exact) mass is 414 g/mol. The van der Waals surface area contributed by atoms with E-state index in [0.717, 1.165) is 21.9 Å². The van der Waals surface area contributed by atoms with Gasteiger partial charge in [0.05, 0.1) is 12.1 Å². The van der Waals surface area contributed by atoms with Crippen molar-refractivity contribution in [3.63, 3.8) is 0 Å². The second-order valence-corrected chi connectivity index (χ2v) is 8.58. The number of esters is 1. The molecule has 0 aromatic carbocycles. The van der Waals surface area contributed by atoms with Gasteiger partial charge in [-0.05, 0) is 13.0 Å². The van der Waals surface area contributed by atoms with Crippen molar-refractivity contribution >= 4 is 33.8 Å². The maximum absolute atomic E-state index is 11.2. The Morgan fingerprint density at radius 1 is 1.37 bits per heavy atom. The van der Waals surface area contributed by atoms with Crippen LogP contribution in [0.25, 0.3) is 0 Å².